The highest BCUT2D eigenvalue weighted by Crippen LogP contribution is 2.26. The summed E-state index contributed by atoms with van der Waals surface area (Å²) in [5.74, 6) is 0.782. The van der Waals surface area contributed by atoms with Gasteiger partial charge in [0.15, 0.2) is 0 Å². The first-order valence-electron chi connectivity index (χ1n) is 6.56. The third-order valence-corrected chi connectivity index (χ3v) is 3.22. The fourth-order valence-electron chi connectivity index (χ4n) is 2.19. The Balaban J connectivity index is 2.37. The van der Waals surface area contributed by atoms with Crippen molar-refractivity contribution in [2.24, 2.45) is 0 Å². The molecule has 0 aromatic heterocycles. The van der Waals surface area contributed by atoms with E-state index in [2.05, 4.69) is 31.2 Å². The van der Waals surface area contributed by atoms with E-state index < -0.39 is 0 Å². The zero-order chi connectivity index (χ0) is 13.7. The van der Waals surface area contributed by atoms with Crippen LogP contribution in [0, 0.1) is 5.41 Å². The molecule has 0 fully saturated rings. The van der Waals surface area contributed by atoms with Crippen LogP contribution in [0.2, 0.25) is 0 Å². The molecule has 0 spiro atoms. The SMILES string of the molecule is CCCc1ccc(-c2ccc(OC)cc2C=N)cc1. The molecular formula is C17H19NO. The highest BCUT2D eigenvalue weighted by Gasteiger charge is 2.05. The molecule has 2 nitrogen and oxygen atoms in total. The van der Waals surface area contributed by atoms with Gasteiger partial charge < -0.3 is 10.1 Å². The van der Waals surface area contributed by atoms with Gasteiger partial charge in [0.2, 0.25) is 0 Å². The van der Waals surface area contributed by atoms with Crippen molar-refractivity contribution in [3.05, 3.63) is 53.6 Å². The van der Waals surface area contributed by atoms with Gasteiger partial charge in [0.05, 0.1) is 7.11 Å². The normalized spacial score (nSPS) is 10.2. The first-order chi connectivity index (χ1) is 9.28. The van der Waals surface area contributed by atoms with Crippen molar-refractivity contribution in [1.29, 1.82) is 5.41 Å². The van der Waals surface area contributed by atoms with Crippen molar-refractivity contribution in [1.82, 2.24) is 0 Å². The van der Waals surface area contributed by atoms with Gasteiger partial charge in [-0.3, -0.25) is 0 Å². The van der Waals surface area contributed by atoms with Crippen molar-refractivity contribution in [3.8, 4) is 16.9 Å². The van der Waals surface area contributed by atoms with E-state index in [9.17, 15) is 0 Å². The van der Waals surface area contributed by atoms with Gasteiger partial charge in [0.1, 0.15) is 5.75 Å². The van der Waals surface area contributed by atoms with E-state index in [4.69, 9.17) is 10.1 Å². The van der Waals surface area contributed by atoms with Crippen LogP contribution in [0.25, 0.3) is 11.1 Å². The molecule has 2 rings (SSSR count). The second kappa shape index (κ2) is 6.19. The van der Waals surface area contributed by atoms with Crippen LogP contribution in [-0.4, -0.2) is 13.3 Å². The molecule has 0 aliphatic rings. The molecule has 0 saturated heterocycles. The van der Waals surface area contributed by atoms with E-state index in [1.165, 1.54) is 11.8 Å². The minimum atomic E-state index is 0.782. The standard InChI is InChI=1S/C17H19NO/c1-3-4-13-5-7-14(8-6-13)17-10-9-16(19-2)11-15(17)12-18/h5-12,18H,3-4H2,1-2H3. The molecule has 1 N–H and O–H groups in total. The number of methoxy groups -OCH3 is 1. The van der Waals surface area contributed by atoms with Gasteiger partial charge in [-0.1, -0.05) is 43.7 Å². The summed E-state index contributed by atoms with van der Waals surface area (Å²) in [4.78, 5) is 0. The summed E-state index contributed by atoms with van der Waals surface area (Å²) < 4.78 is 5.20. The largest absolute Gasteiger partial charge is 0.497 e. The molecule has 0 amide bonds. The van der Waals surface area contributed by atoms with Crippen LogP contribution in [0.15, 0.2) is 42.5 Å². The van der Waals surface area contributed by atoms with E-state index in [1.807, 2.05) is 18.2 Å². The van der Waals surface area contributed by atoms with Gasteiger partial charge in [-0.15, -0.1) is 0 Å². The lowest BCUT2D eigenvalue weighted by molar-refractivity contribution is 0.415. The molecule has 0 aliphatic carbocycles. The highest BCUT2D eigenvalue weighted by atomic mass is 16.5. The van der Waals surface area contributed by atoms with E-state index in [1.54, 1.807) is 7.11 Å². The first-order valence-corrected chi connectivity index (χ1v) is 6.56. The lowest BCUT2D eigenvalue weighted by Crippen LogP contribution is -1.91. The molecule has 0 heterocycles. The van der Waals surface area contributed by atoms with Crippen molar-refractivity contribution in [2.75, 3.05) is 7.11 Å². The minimum Gasteiger partial charge on any atom is -0.497 e. The van der Waals surface area contributed by atoms with E-state index in [0.717, 1.165) is 35.3 Å². The monoisotopic (exact) mass is 253 g/mol. The Morgan fingerprint density at radius 2 is 1.84 bits per heavy atom. The van der Waals surface area contributed by atoms with Crippen molar-refractivity contribution in [3.63, 3.8) is 0 Å². The molecule has 0 radical (unpaired) electrons. The van der Waals surface area contributed by atoms with Gasteiger partial charge >= 0.3 is 0 Å². The Morgan fingerprint density at radius 1 is 1.11 bits per heavy atom. The Labute approximate surface area is 114 Å². The Hall–Kier alpha value is -2.09. The molecule has 0 unspecified atom stereocenters. The number of ether oxygens (including phenoxy) is 1. The van der Waals surface area contributed by atoms with E-state index >= 15 is 0 Å². The lowest BCUT2D eigenvalue weighted by atomic mass is 9.98. The summed E-state index contributed by atoms with van der Waals surface area (Å²) in [7, 11) is 1.64. The average molecular weight is 253 g/mol. The molecule has 98 valence electrons. The Morgan fingerprint density at radius 3 is 2.42 bits per heavy atom. The van der Waals surface area contributed by atoms with Crippen LogP contribution in [0.4, 0.5) is 0 Å². The summed E-state index contributed by atoms with van der Waals surface area (Å²) in [5.41, 5.74) is 4.44. The molecule has 2 aromatic rings. The minimum absolute atomic E-state index is 0.782. The maximum atomic E-state index is 7.53. The fourth-order valence-corrected chi connectivity index (χ4v) is 2.19. The van der Waals surface area contributed by atoms with Crippen molar-refractivity contribution >= 4 is 6.21 Å². The summed E-state index contributed by atoms with van der Waals surface area (Å²) in [5, 5.41) is 7.53. The van der Waals surface area contributed by atoms with Crippen LogP contribution >= 0.6 is 0 Å². The van der Waals surface area contributed by atoms with E-state index in [0.29, 0.717) is 0 Å². The van der Waals surface area contributed by atoms with Gasteiger partial charge in [-0.25, -0.2) is 0 Å². The summed E-state index contributed by atoms with van der Waals surface area (Å²) in [6.45, 7) is 2.19. The molecule has 19 heavy (non-hydrogen) atoms. The quantitative estimate of drug-likeness (QED) is 0.791. The molecular weight excluding hydrogens is 234 g/mol. The highest BCUT2D eigenvalue weighted by molar-refractivity contribution is 5.89. The lowest BCUT2D eigenvalue weighted by Gasteiger charge is -2.09. The zero-order valence-electron chi connectivity index (χ0n) is 11.4. The van der Waals surface area contributed by atoms with Gasteiger partial charge in [-0.05, 0) is 35.2 Å². The van der Waals surface area contributed by atoms with Crippen molar-refractivity contribution in [2.45, 2.75) is 19.8 Å². The summed E-state index contributed by atoms with van der Waals surface area (Å²) in [6.07, 6.45) is 3.64. The van der Waals surface area contributed by atoms with E-state index in [-0.39, 0.29) is 0 Å². The van der Waals surface area contributed by atoms with Gasteiger partial charge in [0, 0.05) is 11.8 Å². The van der Waals surface area contributed by atoms with Crippen LogP contribution in [0.3, 0.4) is 0 Å². The van der Waals surface area contributed by atoms with Crippen molar-refractivity contribution < 1.29 is 4.74 Å². The second-order valence-electron chi connectivity index (χ2n) is 4.54. The summed E-state index contributed by atoms with van der Waals surface area (Å²) >= 11 is 0. The van der Waals surface area contributed by atoms with Crippen LogP contribution in [0.1, 0.15) is 24.5 Å². The first kappa shape index (κ1) is 13.3. The number of rotatable bonds is 5. The van der Waals surface area contributed by atoms with Crippen LogP contribution in [0.5, 0.6) is 5.75 Å². The molecule has 0 atom stereocenters. The van der Waals surface area contributed by atoms with Gasteiger partial charge in [-0.2, -0.15) is 0 Å². The molecule has 0 bridgehead atoms. The van der Waals surface area contributed by atoms with Gasteiger partial charge in [0.25, 0.3) is 0 Å². The number of hydrogen-bond acceptors (Lipinski definition) is 2. The number of benzene rings is 2. The summed E-state index contributed by atoms with van der Waals surface area (Å²) in [6, 6.07) is 14.4. The smallest absolute Gasteiger partial charge is 0.119 e. The van der Waals surface area contributed by atoms with Crippen LogP contribution < -0.4 is 4.74 Å². The zero-order valence-corrected chi connectivity index (χ0v) is 11.4. The molecule has 0 saturated carbocycles. The Bertz CT molecular complexity index is 558. The second-order valence-corrected chi connectivity index (χ2v) is 4.54. The average Bonchev–Trinajstić information content (AvgIpc) is 2.48. The maximum absolute atomic E-state index is 7.53. The predicted octanol–water partition coefficient (Wildman–Crippen LogP) is 4.31. The third kappa shape index (κ3) is 3.02. The number of aryl methyl sites for hydroxylation is 1. The molecule has 0 aliphatic heterocycles. The number of hydrogen-bond donors (Lipinski definition) is 1. The maximum Gasteiger partial charge on any atom is 0.119 e. The number of nitrogens with one attached hydrogen (secondary N) is 1. The topological polar surface area (TPSA) is 33.1 Å². The molecule has 2 aromatic carbocycles. The predicted molar refractivity (Wildman–Crippen MR) is 80.3 cm³/mol. The van der Waals surface area contributed by atoms with Crippen LogP contribution in [-0.2, 0) is 6.42 Å². The third-order valence-electron chi connectivity index (χ3n) is 3.22. The fraction of sp³-hybridized carbons (Fsp3) is 0.235. The Kier molecular flexibility index (Phi) is 4.35. The molecule has 2 heteroatoms.